The van der Waals surface area contributed by atoms with Crippen molar-refractivity contribution in [3.63, 3.8) is 0 Å². The van der Waals surface area contributed by atoms with Crippen molar-refractivity contribution in [2.75, 3.05) is 19.6 Å². The maximum Gasteiger partial charge on any atom is 0.302 e. The second-order valence-corrected chi connectivity index (χ2v) is 5.41. The van der Waals surface area contributed by atoms with Gasteiger partial charge in [0.05, 0.1) is 6.54 Å². The molecule has 116 valence electrons. The normalized spacial score (nSPS) is 17.7. The fourth-order valence-electron chi connectivity index (χ4n) is 2.45. The number of carbonyl (C=O) groups is 1. The van der Waals surface area contributed by atoms with Crippen molar-refractivity contribution in [3.8, 4) is 0 Å². The van der Waals surface area contributed by atoms with Crippen LogP contribution in [0.1, 0.15) is 24.1 Å². The number of nitrogens with one attached hydrogen (secondary N) is 1. The first kappa shape index (κ1) is 15.6. The monoisotopic (exact) mass is 298 g/mol. The summed E-state index contributed by atoms with van der Waals surface area (Å²) in [4.78, 5) is 15.9. The van der Waals surface area contributed by atoms with E-state index in [-0.39, 0.29) is 11.7 Å². The maximum atomic E-state index is 14.2. The lowest BCUT2D eigenvalue weighted by Crippen LogP contribution is -2.50. The van der Waals surface area contributed by atoms with Crippen molar-refractivity contribution in [2.45, 2.75) is 31.7 Å². The molecule has 0 aliphatic carbocycles. The SMILES string of the molecule is Cc1ccc(C(F)(F)CN2CCC(NC(=O)[O-])CC2)nc1. The molecule has 21 heavy (non-hydrogen) atoms. The van der Waals surface area contributed by atoms with Crippen LogP contribution < -0.4 is 10.4 Å². The van der Waals surface area contributed by atoms with E-state index in [2.05, 4.69) is 10.3 Å². The Hall–Kier alpha value is -1.76. The molecule has 1 aliphatic heterocycles. The Morgan fingerprint density at radius 3 is 2.67 bits per heavy atom. The molecule has 0 unspecified atom stereocenters. The van der Waals surface area contributed by atoms with Crippen molar-refractivity contribution in [1.82, 2.24) is 15.2 Å². The third-order valence-electron chi connectivity index (χ3n) is 3.62. The van der Waals surface area contributed by atoms with Gasteiger partial charge in [-0.25, -0.2) is 0 Å². The van der Waals surface area contributed by atoms with Crippen molar-refractivity contribution in [1.29, 1.82) is 0 Å². The minimum atomic E-state index is -3.01. The topological polar surface area (TPSA) is 68.3 Å². The average molecular weight is 298 g/mol. The molecule has 7 heteroatoms. The first-order valence-corrected chi connectivity index (χ1v) is 6.87. The Morgan fingerprint density at radius 1 is 1.48 bits per heavy atom. The highest BCUT2D eigenvalue weighted by Crippen LogP contribution is 2.28. The van der Waals surface area contributed by atoms with Gasteiger partial charge in [-0.1, -0.05) is 6.07 Å². The van der Waals surface area contributed by atoms with Gasteiger partial charge < -0.3 is 15.2 Å². The number of hydrogen-bond acceptors (Lipinski definition) is 4. The smallest absolute Gasteiger partial charge is 0.302 e. The number of hydrogen-bond donors (Lipinski definition) is 1. The van der Waals surface area contributed by atoms with Crippen LogP contribution in [0.5, 0.6) is 0 Å². The highest BCUT2D eigenvalue weighted by atomic mass is 19.3. The molecule has 2 rings (SSSR count). The number of halogens is 2. The minimum Gasteiger partial charge on any atom is -0.530 e. The van der Waals surface area contributed by atoms with Gasteiger partial charge >= 0.3 is 5.92 Å². The number of aromatic nitrogens is 1. The molecule has 1 aromatic heterocycles. The van der Waals surface area contributed by atoms with E-state index in [1.54, 1.807) is 17.9 Å². The highest BCUT2D eigenvalue weighted by Gasteiger charge is 2.36. The van der Waals surface area contributed by atoms with E-state index in [4.69, 9.17) is 0 Å². The molecule has 1 aliphatic rings. The summed E-state index contributed by atoms with van der Waals surface area (Å²) in [6.45, 7) is 2.24. The Balaban J connectivity index is 1.90. The van der Waals surface area contributed by atoms with Gasteiger partial charge in [0.1, 0.15) is 11.8 Å². The largest absolute Gasteiger partial charge is 0.530 e. The number of aryl methyl sites for hydroxylation is 1. The molecule has 1 fully saturated rings. The summed E-state index contributed by atoms with van der Waals surface area (Å²) in [5.41, 5.74) is 0.604. The zero-order valence-corrected chi connectivity index (χ0v) is 11.8. The van der Waals surface area contributed by atoms with Gasteiger partial charge in [-0.05, 0) is 31.4 Å². The van der Waals surface area contributed by atoms with Crippen molar-refractivity contribution in [2.24, 2.45) is 0 Å². The van der Waals surface area contributed by atoms with Crippen LogP contribution in [-0.4, -0.2) is 41.7 Å². The molecule has 1 saturated heterocycles. The van der Waals surface area contributed by atoms with Gasteiger partial charge in [0.2, 0.25) is 0 Å². The summed E-state index contributed by atoms with van der Waals surface area (Å²) < 4.78 is 28.3. The van der Waals surface area contributed by atoms with Gasteiger partial charge in [-0.2, -0.15) is 8.78 Å². The van der Waals surface area contributed by atoms with Crippen LogP contribution in [0.4, 0.5) is 13.6 Å². The number of nitrogens with zero attached hydrogens (tertiary/aromatic N) is 2. The van der Waals surface area contributed by atoms with Crippen LogP contribution in [0, 0.1) is 6.92 Å². The standard InChI is InChI=1S/C14H19F2N3O2/c1-10-2-3-12(17-8-10)14(15,16)9-19-6-4-11(5-7-19)18-13(20)21/h2-3,8,11,18H,4-7,9H2,1H3,(H,20,21)/p-1. The Labute approximate surface area is 122 Å². The summed E-state index contributed by atoms with van der Waals surface area (Å²) in [6.07, 6.45) is 1.12. The maximum absolute atomic E-state index is 14.2. The number of pyridine rings is 1. The lowest BCUT2D eigenvalue weighted by atomic mass is 10.0. The zero-order chi connectivity index (χ0) is 15.5. The molecule has 0 bridgehead atoms. The van der Waals surface area contributed by atoms with E-state index in [1.807, 2.05) is 0 Å². The number of carbonyl (C=O) groups excluding carboxylic acids is 1. The summed E-state index contributed by atoms with van der Waals surface area (Å²) in [5.74, 6) is -3.01. The highest BCUT2D eigenvalue weighted by molar-refractivity contribution is 5.62. The Kier molecular flexibility index (Phi) is 4.72. The number of piperidine rings is 1. The van der Waals surface area contributed by atoms with Gasteiger partial charge in [0, 0.05) is 25.3 Å². The lowest BCUT2D eigenvalue weighted by Gasteiger charge is -2.34. The lowest BCUT2D eigenvalue weighted by molar-refractivity contribution is -0.252. The molecule has 0 aromatic carbocycles. The van der Waals surface area contributed by atoms with E-state index in [0.717, 1.165) is 5.56 Å². The predicted molar refractivity (Wildman–Crippen MR) is 70.9 cm³/mol. The van der Waals surface area contributed by atoms with Gasteiger partial charge in [0.15, 0.2) is 0 Å². The van der Waals surface area contributed by atoms with E-state index in [1.165, 1.54) is 12.3 Å². The summed E-state index contributed by atoms with van der Waals surface area (Å²) >= 11 is 0. The molecule has 1 amide bonds. The van der Waals surface area contributed by atoms with Crippen molar-refractivity contribution in [3.05, 3.63) is 29.6 Å². The zero-order valence-electron chi connectivity index (χ0n) is 11.8. The molecule has 1 aromatic rings. The number of carboxylic acid groups (broad SMARTS) is 1. The number of amides is 1. The quantitative estimate of drug-likeness (QED) is 0.896. The molecular formula is C14H18F2N3O2-. The van der Waals surface area contributed by atoms with Crippen LogP contribution in [0.15, 0.2) is 18.3 Å². The molecule has 0 radical (unpaired) electrons. The second kappa shape index (κ2) is 6.34. The third-order valence-corrected chi connectivity index (χ3v) is 3.62. The van der Waals surface area contributed by atoms with Crippen molar-refractivity contribution < 1.29 is 18.7 Å². The van der Waals surface area contributed by atoms with Crippen LogP contribution in [0.2, 0.25) is 0 Å². The predicted octanol–water partition coefficient (Wildman–Crippen LogP) is 0.879. The molecular weight excluding hydrogens is 280 g/mol. The molecule has 0 spiro atoms. The molecule has 0 atom stereocenters. The summed E-state index contributed by atoms with van der Waals surface area (Å²) in [7, 11) is 0. The van der Waals surface area contributed by atoms with Crippen molar-refractivity contribution >= 4 is 6.09 Å². The number of alkyl halides is 2. The fourth-order valence-corrected chi connectivity index (χ4v) is 2.45. The Morgan fingerprint density at radius 2 is 2.14 bits per heavy atom. The first-order valence-electron chi connectivity index (χ1n) is 6.87. The van der Waals surface area contributed by atoms with Crippen LogP contribution in [0.25, 0.3) is 0 Å². The minimum absolute atomic E-state index is 0.211. The third kappa shape index (κ3) is 4.35. The van der Waals surface area contributed by atoms with Gasteiger partial charge in [-0.15, -0.1) is 0 Å². The van der Waals surface area contributed by atoms with Gasteiger partial charge in [0.25, 0.3) is 0 Å². The van der Waals surface area contributed by atoms with Gasteiger partial charge in [-0.3, -0.25) is 9.88 Å². The first-order chi connectivity index (χ1) is 9.87. The number of likely N-dealkylation sites (tertiary alicyclic amines) is 1. The molecule has 1 N–H and O–H groups in total. The van der Waals surface area contributed by atoms with E-state index >= 15 is 0 Å². The molecule has 5 nitrogen and oxygen atoms in total. The summed E-state index contributed by atoms with van der Waals surface area (Å²) in [5, 5.41) is 12.7. The number of rotatable bonds is 4. The van der Waals surface area contributed by atoms with E-state index < -0.39 is 18.6 Å². The van der Waals surface area contributed by atoms with E-state index in [9.17, 15) is 18.7 Å². The van der Waals surface area contributed by atoms with Crippen LogP contribution in [0.3, 0.4) is 0 Å². The molecule has 0 saturated carbocycles. The molecule has 2 heterocycles. The van der Waals surface area contributed by atoms with Crippen LogP contribution >= 0.6 is 0 Å². The second-order valence-electron chi connectivity index (χ2n) is 5.41. The van der Waals surface area contributed by atoms with Crippen LogP contribution in [-0.2, 0) is 5.92 Å². The fraction of sp³-hybridized carbons (Fsp3) is 0.571. The average Bonchev–Trinajstić information content (AvgIpc) is 2.40. The Bertz CT molecular complexity index is 485. The summed E-state index contributed by atoms with van der Waals surface area (Å²) in [6, 6.07) is 2.75. The van der Waals surface area contributed by atoms with E-state index in [0.29, 0.717) is 25.9 Å².